The molecule has 2 atom stereocenters. The van der Waals surface area contributed by atoms with E-state index in [9.17, 15) is 9.59 Å². The first-order valence-electron chi connectivity index (χ1n) is 13.3. The van der Waals surface area contributed by atoms with E-state index < -0.39 is 22.8 Å². The van der Waals surface area contributed by atoms with Gasteiger partial charge in [0.05, 0.1) is 0 Å². The normalized spacial score (nSPS) is 23.9. The monoisotopic (exact) mass is 506 g/mol. The Morgan fingerprint density at radius 3 is 1.08 bits per heavy atom. The fourth-order valence-corrected chi connectivity index (χ4v) is 6.93. The molecule has 0 N–H and O–H groups in total. The van der Waals surface area contributed by atoms with Crippen LogP contribution in [0.25, 0.3) is 22.3 Å². The van der Waals surface area contributed by atoms with E-state index >= 15 is 0 Å². The van der Waals surface area contributed by atoms with Crippen LogP contribution in [0.4, 0.5) is 0 Å². The molecule has 1 aliphatic heterocycles. The van der Waals surface area contributed by atoms with Gasteiger partial charge in [0.2, 0.25) is 0 Å². The summed E-state index contributed by atoms with van der Waals surface area (Å²) in [6, 6.07) is 40.5. The molecular weight excluding hydrogens is 480 g/mol. The summed E-state index contributed by atoms with van der Waals surface area (Å²) < 4.78 is 5.72. The van der Waals surface area contributed by atoms with Gasteiger partial charge in [-0.2, -0.15) is 0 Å². The van der Waals surface area contributed by atoms with E-state index in [1.54, 1.807) is 0 Å². The average Bonchev–Trinajstić information content (AvgIpc) is 3.24. The van der Waals surface area contributed by atoms with Gasteiger partial charge < -0.3 is 4.74 Å². The van der Waals surface area contributed by atoms with E-state index in [4.69, 9.17) is 4.74 Å². The van der Waals surface area contributed by atoms with Gasteiger partial charge in [0, 0.05) is 0 Å². The van der Waals surface area contributed by atoms with Crippen LogP contribution in [0.1, 0.15) is 35.1 Å². The second-order valence-corrected chi connectivity index (χ2v) is 10.3. The summed E-state index contributed by atoms with van der Waals surface area (Å²) in [6.45, 7) is 0. The summed E-state index contributed by atoms with van der Waals surface area (Å²) in [6.07, 6.45) is 4.85. The molecule has 3 nitrogen and oxygen atoms in total. The van der Waals surface area contributed by atoms with E-state index in [0.29, 0.717) is 12.8 Å². The van der Waals surface area contributed by atoms with Crippen molar-refractivity contribution in [2.45, 2.75) is 12.8 Å². The maximum Gasteiger partial charge on any atom is 0.326 e. The van der Waals surface area contributed by atoms with Gasteiger partial charge in [0.15, 0.2) is 0 Å². The second-order valence-electron chi connectivity index (χ2n) is 10.3. The molecule has 0 aromatic heterocycles. The van der Waals surface area contributed by atoms with Gasteiger partial charge in [0.25, 0.3) is 0 Å². The highest BCUT2D eigenvalue weighted by Crippen LogP contribution is 2.72. The number of esters is 2. The Bertz CT molecular complexity index is 1550. The van der Waals surface area contributed by atoms with Crippen molar-refractivity contribution in [2.75, 3.05) is 0 Å². The maximum absolute atomic E-state index is 14.2. The first-order chi connectivity index (χ1) is 19.2. The van der Waals surface area contributed by atoms with Crippen LogP contribution in [-0.4, -0.2) is 11.9 Å². The molecule has 1 saturated heterocycles. The number of allylic oxidation sites excluding steroid dienone is 4. The lowest BCUT2D eigenvalue weighted by molar-refractivity contribution is -0.154. The summed E-state index contributed by atoms with van der Waals surface area (Å²) in [5.74, 6) is -0.936. The zero-order chi connectivity index (χ0) is 26.5. The van der Waals surface area contributed by atoms with E-state index in [-0.39, 0.29) is 0 Å². The van der Waals surface area contributed by atoms with Gasteiger partial charge in [0.1, 0.15) is 10.8 Å². The van der Waals surface area contributed by atoms with Crippen molar-refractivity contribution < 1.29 is 14.3 Å². The van der Waals surface area contributed by atoms with Crippen molar-refractivity contribution in [3.63, 3.8) is 0 Å². The molecule has 4 aromatic rings. The predicted molar refractivity (Wildman–Crippen MR) is 154 cm³/mol. The molecule has 0 radical (unpaired) electrons. The SMILES string of the molecule is O=C1OC(=O)C23CC=CCC12C(c1ccccc1)=C(c1ccccc1)C(c1ccccc1)=C3c1ccccc1. The number of carbonyl (C=O) groups excluding carboxylic acids is 2. The van der Waals surface area contributed by atoms with E-state index in [0.717, 1.165) is 44.5 Å². The van der Waals surface area contributed by atoms with E-state index in [2.05, 4.69) is 24.3 Å². The van der Waals surface area contributed by atoms with Crippen molar-refractivity contribution in [1.29, 1.82) is 0 Å². The molecule has 39 heavy (non-hydrogen) atoms. The van der Waals surface area contributed by atoms with Gasteiger partial charge in [-0.1, -0.05) is 133 Å². The molecule has 3 heteroatoms. The Morgan fingerprint density at radius 2 is 0.744 bits per heavy atom. The number of benzene rings is 4. The van der Waals surface area contributed by atoms with E-state index in [1.807, 2.05) is 109 Å². The lowest BCUT2D eigenvalue weighted by Crippen LogP contribution is -2.50. The zero-order valence-electron chi connectivity index (χ0n) is 21.3. The molecular formula is C36H26O3. The van der Waals surface area contributed by atoms with Crippen molar-refractivity contribution >= 4 is 34.2 Å². The minimum absolute atomic E-state index is 0.385. The molecule has 1 heterocycles. The van der Waals surface area contributed by atoms with Crippen molar-refractivity contribution in [1.82, 2.24) is 0 Å². The Labute approximate surface area is 227 Å². The maximum atomic E-state index is 14.2. The summed E-state index contributed by atoms with van der Waals surface area (Å²) in [5, 5.41) is 0. The number of hydrogen-bond acceptors (Lipinski definition) is 3. The molecule has 0 spiro atoms. The van der Waals surface area contributed by atoms with Gasteiger partial charge in [-0.3, -0.25) is 9.59 Å². The molecule has 188 valence electrons. The average molecular weight is 507 g/mol. The quantitative estimate of drug-likeness (QED) is 0.162. The van der Waals surface area contributed by atoms with Crippen LogP contribution < -0.4 is 0 Å². The van der Waals surface area contributed by atoms with Crippen molar-refractivity contribution in [3.8, 4) is 0 Å². The topological polar surface area (TPSA) is 43.4 Å². The predicted octanol–water partition coefficient (Wildman–Crippen LogP) is 7.63. The third-order valence-electron chi connectivity index (χ3n) is 8.48. The van der Waals surface area contributed by atoms with Crippen LogP contribution in [-0.2, 0) is 14.3 Å². The summed E-state index contributed by atoms with van der Waals surface area (Å²) in [7, 11) is 0. The van der Waals surface area contributed by atoms with Crippen LogP contribution in [0.2, 0.25) is 0 Å². The van der Waals surface area contributed by atoms with E-state index in [1.165, 1.54) is 0 Å². The van der Waals surface area contributed by atoms with Gasteiger partial charge in [-0.15, -0.1) is 0 Å². The van der Waals surface area contributed by atoms with Crippen LogP contribution in [0.3, 0.4) is 0 Å². The Hall–Kier alpha value is -4.76. The fraction of sp³-hybridized carbons (Fsp3) is 0.111. The van der Waals surface area contributed by atoms with Crippen molar-refractivity contribution in [3.05, 3.63) is 156 Å². The van der Waals surface area contributed by atoms with Gasteiger partial charge >= 0.3 is 11.9 Å². The third kappa shape index (κ3) is 3.17. The molecule has 7 rings (SSSR count). The highest BCUT2D eigenvalue weighted by Gasteiger charge is 2.73. The minimum atomic E-state index is -1.20. The summed E-state index contributed by atoms with van der Waals surface area (Å²) >= 11 is 0. The van der Waals surface area contributed by atoms with Gasteiger partial charge in [-0.25, -0.2) is 0 Å². The second kappa shape index (κ2) is 8.92. The standard InChI is InChI=1S/C36H26O3/c37-33-35-23-13-14-24-36(35,34(38)39-33)32(28-21-11-4-12-22-28)30(26-17-7-2-8-18-26)29(25-15-5-1-6-16-25)31(35)27-19-9-3-10-20-27/h1-22H,23-24H2. The van der Waals surface area contributed by atoms with Crippen LogP contribution in [0, 0.1) is 10.8 Å². The van der Waals surface area contributed by atoms with Crippen LogP contribution in [0.5, 0.6) is 0 Å². The molecule has 0 bridgehead atoms. The molecule has 1 fully saturated rings. The number of carbonyl (C=O) groups is 2. The summed E-state index contributed by atoms with van der Waals surface area (Å²) in [5.41, 5.74) is 5.06. The van der Waals surface area contributed by atoms with Crippen molar-refractivity contribution in [2.24, 2.45) is 10.8 Å². The molecule has 2 unspecified atom stereocenters. The largest absolute Gasteiger partial charge is 0.392 e. The molecule has 4 aromatic carbocycles. The fourth-order valence-electron chi connectivity index (χ4n) is 6.93. The van der Waals surface area contributed by atoms with Crippen LogP contribution >= 0.6 is 0 Å². The molecule has 0 saturated carbocycles. The molecule has 2 aliphatic carbocycles. The Balaban J connectivity index is 1.77. The molecule has 0 amide bonds. The minimum Gasteiger partial charge on any atom is -0.392 e. The number of rotatable bonds is 4. The Kier molecular flexibility index (Phi) is 5.34. The number of ether oxygens (including phenoxy) is 1. The van der Waals surface area contributed by atoms with Gasteiger partial charge in [-0.05, 0) is 57.4 Å². The molecule has 3 aliphatic rings. The summed E-state index contributed by atoms with van der Waals surface area (Å²) in [4.78, 5) is 28.4. The number of hydrogen-bond donors (Lipinski definition) is 0. The lowest BCUT2D eigenvalue weighted by atomic mass is 9.46. The van der Waals surface area contributed by atoms with Crippen LogP contribution in [0.15, 0.2) is 133 Å². The highest BCUT2D eigenvalue weighted by molar-refractivity contribution is 6.33. The first-order valence-corrected chi connectivity index (χ1v) is 13.3. The first kappa shape index (κ1) is 23.4. The third-order valence-corrected chi connectivity index (χ3v) is 8.48. The number of cyclic esters (lactones) is 2. The zero-order valence-corrected chi connectivity index (χ0v) is 21.3. The lowest BCUT2D eigenvalue weighted by Gasteiger charge is -2.50. The highest BCUT2D eigenvalue weighted by atomic mass is 16.6. The Morgan fingerprint density at radius 1 is 0.436 bits per heavy atom. The smallest absolute Gasteiger partial charge is 0.326 e.